The van der Waals surface area contributed by atoms with Crippen molar-refractivity contribution in [2.24, 2.45) is 0 Å². The summed E-state index contributed by atoms with van der Waals surface area (Å²) in [4.78, 5) is 14.6. The monoisotopic (exact) mass is 297 g/mol. The molecule has 17 heavy (non-hydrogen) atoms. The zero-order chi connectivity index (χ0) is 12.4. The zero-order valence-corrected chi connectivity index (χ0v) is 11.1. The molecule has 0 spiro atoms. The fraction of sp³-hybridized carbons (Fsp3) is 0.250. The van der Waals surface area contributed by atoms with Crippen LogP contribution in [0, 0.1) is 0 Å². The van der Waals surface area contributed by atoms with Gasteiger partial charge in [-0.2, -0.15) is 0 Å². The van der Waals surface area contributed by atoms with E-state index in [2.05, 4.69) is 20.9 Å². The number of hydrogen-bond acceptors (Lipinski definition) is 3. The first-order chi connectivity index (χ1) is 8.15. The third-order valence-electron chi connectivity index (χ3n) is 2.39. The summed E-state index contributed by atoms with van der Waals surface area (Å²) in [5.74, 6) is 0.369. The summed E-state index contributed by atoms with van der Waals surface area (Å²) in [6.07, 6.45) is 0. The predicted octanol–water partition coefficient (Wildman–Crippen LogP) is 3.12. The lowest BCUT2D eigenvalue weighted by atomic mass is 10.2. The van der Waals surface area contributed by atoms with E-state index in [0.29, 0.717) is 12.3 Å². The largest absolute Gasteiger partial charge is 0.495 e. The smallest absolute Gasteiger partial charge is 0.354 e. The Balaban J connectivity index is 2.47. The van der Waals surface area contributed by atoms with Gasteiger partial charge in [0.05, 0.1) is 18.2 Å². The maximum atomic E-state index is 11.6. The van der Waals surface area contributed by atoms with Crippen LogP contribution in [0.1, 0.15) is 17.4 Å². The van der Waals surface area contributed by atoms with Crippen molar-refractivity contribution in [2.45, 2.75) is 6.92 Å². The molecule has 0 bridgehead atoms. The van der Waals surface area contributed by atoms with Crippen LogP contribution < -0.4 is 4.74 Å². The summed E-state index contributed by atoms with van der Waals surface area (Å²) in [6.45, 7) is 2.14. The highest BCUT2D eigenvalue weighted by molar-refractivity contribution is 9.10. The van der Waals surface area contributed by atoms with E-state index >= 15 is 0 Å². The number of carbonyl (C=O) groups excluding carboxylic acids is 1. The van der Waals surface area contributed by atoms with Gasteiger partial charge in [-0.05, 0) is 35.0 Å². The van der Waals surface area contributed by atoms with Crippen LogP contribution in [0.3, 0.4) is 0 Å². The lowest BCUT2D eigenvalue weighted by Gasteiger charge is -2.02. The molecule has 2 rings (SSSR count). The van der Waals surface area contributed by atoms with Crippen LogP contribution in [0.4, 0.5) is 0 Å². The van der Waals surface area contributed by atoms with Gasteiger partial charge in [0.1, 0.15) is 11.4 Å². The lowest BCUT2D eigenvalue weighted by molar-refractivity contribution is 0.0520. The van der Waals surface area contributed by atoms with Crippen molar-refractivity contribution in [3.8, 4) is 5.75 Å². The van der Waals surface area contributed by atoms with Gasteiger partial charge in [0.15, 0.2) is 0 Å². The molecule has 2 aromatic rings. The van der Waals surface area contributed by atoms with E-state index in [4.69, 9.17) is 9.47 Å². The highest BCUT2D eigenvalue weighted by Gasteiger charge is 2.12. The first-order valence-corrected chi connectivity index (χ1v) is 5.98. The van der Waals surface area contributed by atoms with Gasteiger partial charge in [-0.3, -0.25) is 0 Å². The number of halogens is 1. The Kier molecular flexibility index (Phi) is 3.38. The van der Waals surface area contributed by atoms with Gasteiger partial charge in [0, 0.05) is 17.0 Å². The molecule has 1 aromatic heterocycles. The summed E-state index contributed by atoms with van der Waals surface area (Å²) in [5.41, 5.74) is 1.29. The van der Waals surface area contributed by atoms with Crippen LogP contribution in [-0.2, 0) is 4.74 Å². The van der Waals surface area contributed by atoms with Gasteiger partial charge >= 0.3 is 5.97 Å². The fourth-order valence-corrected chi connectivity index (χ4v) is 2.13. The van der Waals surface area contributed by atoms with Gasteiger partial charge in [0.2, 0.25) is 0 Å². The molecule has 4 nitrogen and oxygen atoms in total. The van der Waals surface area contributed by atoms with Gasteiger partial charge < -0.3 is 14.5 Å². The highest BCUT2D eigenvalue weighted by atomic mass is 79.9. The van der Waals surface area contributed by atoms with Gasteiger partial charge in [0.25, 0.3) is 0 Å². The third kappa shape index (κ3) is 2.29. The quantitative estimate of drug-likeness (QED) is 0.886. The van der Waals surface area contributed by atoms with Crippen molar-refractivity contribution in [3.05, 3.63) is 28.4 Å². The normalized spacial score (nSPS) is 10.5. The number of fused-ring (bicyclic) bond motifs is 1. The Morgan fingerprint density at radius 3 is 2.82 bits per heavy atom. The molecule has 90 valence electrons. The minimum absolute atomic E-state index is 0.348. The van der Waals surface area contributed by atoms with Gasteiger partial charge in [-0.15, -0.1) is 0 Å². The Labute approximate surface area is 107 Å². The van der Waals surface area contributed by atoms with Gasteiger partial charge in [-0.1, -0.05) is 0 Å². The molecule has 1 N–H and O–H groups in total. The molecule has 0 radical (unpaired) electrons. The average molecular weight is 298 g/mol. The number of methoxy groups -OCH3 is 1. The molecular formula is C12H12BrNO3. The molecule has 0 amide bonds. The lowest BCUT2D eigenvalue weighted by Crippen LogP contribution is -2.04. The number of rotatable bonds is 3. The van der Waals surface area contributed by atoms with E-state index in [1.165, 1.54) is 0 Å². The molecule has 5 heteroatoms. The van der Waals surface area contributed by atoms with Crippen molar-refractivity contribution in [1.82, 2.24) is 4.98 Å². The van der Waals surface area contributed by atoms with E-state index in [9.17, 15) is 4.79 Å². The number of nitrogens with one attached hydrogen (secondary N) is 1. The maximum Gasteiger partial charge on any atom is 0.354 e. The summed E-state index contributed by atoms with van der Waals surface area (Å²) in [6, 6.07) is 5.49. The van der Waals surface area contributed by atoms with E-state index in [1.54, 1.807) is 20.1 Å². The molecule has 0 saturated heterocycles. The molecule has 0 fully saturated rings. The number of esters is 1. The zero-order valence-electron chi connectivity index (χ0n) is 9.54. The van der Waals surface area contributed by atoms with Crippen molar-refractivity contribution in [1.29, 1.82) is 0 Å². The van der Waals surface area contributed by atoms with Crippen molar-refractivity contribution >= 4 is 32.8 Å². The van der Waals surface area contributed by atoms with Crippen molar-refractivity contribution < 1.29 is 14.3 Å². The van der Waals surface area contributed by atoms with E-state index in [-0.39, 0.29) is 5.97 Å². The number of aromatic nitrogens is 1. The maximum absolute atomic E-state index is 11.6. The molecule has 0 atom stereocenters. The van der Waals surface area contributed by atoms with Crippen LogP contribution in [0.5, 0.6) is 5.75 Å². The highest BCUT2D eigenvalue weighted by Crippen LogP contribution is 2.30. The minimum Gasteiger partial charge on any atom is -0.495 e. The van der Waals surface area contributed by atoms with Crippen LogP contribution >= 0.6 is 15.9 Å². The predicted molar refractivity (Wildman–Crippen MR) is 68.5 cm³/mol. The minimum atomic E-state index is -0.348. The van der Waals surface area contributed by atoms with E-state index in [1.807, 2.05) is 12.1 Å². The van der Waals surface area contributed by atoms with Crippen LogP contribution in [0.25, 0.3) is 10.9 Å². The number of carbonyl (C=O) groups is 1. The molecule has 0 saturated carbocycles. The number of aromatic amines is 1. The van der Waals surface area contributed by atoms with Crippen molar-refractivity contribution in [3.63, 3.8) is 0 Å². The van der Waals surface area contributed by atoms with Crippen LogP contribution in [-0.4, -0.2) is 24.7 Å². The first-order valence-electron chi connectivity index (χ1n) is 5.19. The average Bonchev–Trinajstić information content (AvgIpc) is 2.71. The van der Waals surface area contributed by atoms with Crippen LogP contribution in [0.2, 0.25) is 0 Å². The molecule has 0 aliphatic carbocycles. The first kappa shape index (κ1) is 12.0. The molecule has 1 heterocycles. The topological polar surface area (TPSA) is 51.3 Å². The Hall–Kier alpha value is -1.49. The number of H-pyrrole nitrogens is 1. The van der Waals surface area contributed by atoms with E-state index < -0.39 is 0 Å². The molecule has 1 aromatic carbocycles. The second-order valence-electron chi connectivity index (χ2n) is 3.48. The molecule has 0 aliphatic rings. The number of hydrogen-bond donors (Lipinski definition) is 1. The van der Waals surface area contributed by atoms with Gasteiger partial charge in [-0.25, -0.2) is 4.79 Å². The Morgan fingerprint density at radius 2 is 2.18 bits per heavy atom. The summed E-state index contributed by atoms with van der Waals surface area (Å²) in [5, 5.41) is 0.931. The number of ether oxygens (including phenoxy) is 2. The molecule has 0 unspecified atom stereocenters. The number of benzene rings is 1. The summed E-state index contributed by atoms with van der Waals surface area (Å²) in [7, 11) is 1.60. The van der Waals surface area contributed by atoms with E-state index in [0.717, 1.165) is 21.1 Å². The van der Waals surface area contributed by atoms with Crippen molar-refractivity contribution in [2.75, 3.05) is 13.7 Å². The third-order valence-corrected chi connectivity index (χ3v) is 3.01. The SMILES string of the molecule is CCOC(=O)c1cc2cc(Br)c(OC)cc2[nH]1. The second-order valence-corrected chi connectivity index (χ2v) is 4.33. The second kappa shape index (κ2) is 4.79. The fourth-order valence-electron chi connectivity index (χ4n) is 1.61. The summed E-state index contributed by atoms with van der Waals surface area (Å²) < 4.78 is 11.0. The Morgan fingerprint density at radius 1 is 1.41 bits per heavy atom. The standard InChI is InChI=1S/C12H12BrNO3/c1-3-17-12(15)10-5-7-4-8(13)11(16-2)6-9(7)14-10/h4-6,14H,3H2,1-2H3. The van der Waals surface area contributed by atoms with Crippen LogP contribution in [0.15, 0.2) is 22.7 Å². The molecular weight excluding hydrogens is 286 g/mol. The summed E-state index contributed by atoms with van der Waals surface area (Å²) >= 11 is 3.40. The Bertz CT molecular complexity index is 562. The molecule has 0 aliphatic heterocycles.